The molecule has 0 spiro atoms. The van der Waals surface area contributed by atoms with Crippen molar-refractivity contribution in [1.29, 1.82) is 0 Å². The number of carbonyl (C=O) groups excluding carboxylic acids is 1. The highest BCUT2D eigenvalue weighted by atomic mass is 32.1. The summed E-state index contributed by atoms with van der Waals surface area (Å²) in [5, 5.41) is 0. The van der Waals surface area contributed by atoms with Crippen LogP contribution in [-0.2, 0) is 9.53 Å². The molecule has 2 aliphatic heterocycles. The first-order chi connectivity index (χ1) is 14.4. The summed E-state index contributed by atoms with van der Waals surface area (Å²) in [6.07, 6.45) is 1.91. The third-order valence-corrected chi connectivity index (χ3v) is 7.15. The minimum atomic E-state index is -0.304. The van der Waals surface area contributed by atoms with Gasteiger partial charge in [-0.15, -0.1) is 22.7 Å². The monoisotopic (exact) mass is 436 g/mol. The van der Waals surface area contributed by atoms with Gasteiger partial charge in [-0.3, -0.25) is 0 Å². The number of hydrogen-bond donors (Lipinski definition) is 0. The van der Waals surface area contributed by atoms with Crippen molar-refractivity contribution in [2.24, 2.45) is 0 Å². The van der Waals surface area contributed by atoms with Crippen LogP contribution >= 0.6 is 22.7 Å². The van der Waals surface area contributed by atoms with Gasteiger partial charge in [0.15, 0.2) is 11.5 Å². The highest BCUT2D eigenvalue weighted by Crippen LogP contribution is 2.45. The first-order valence-corrected chi connectivity index (χ1v) is 11.3. The number of fused-ring (bicyclic) bond motifs is 1. The summed E-state index contributed by atoms with van der Waals surface area (Å²) in [4.78, 5) is 17.7. The van der Waals surface area contributed by atoms with Crippen molar-refractivity contribution in [1.82, 2.24) is 0 Å². The average molecular weight is 437 g/mol. The third-order valence-electron chi connectivity index (χ3n) is 5.22. The number of allylic oxidation sites excluding steroid dienone is 1. The molecule has 0 aliphatic carbocycles. The second kappa shape index (κ2) is 7.15. The summed E-state index contributed by atoms with van der Waals surface area (Å²) in [6, 6.07) is 9.94. The number of hydrogen-bond acceptors (Lipinski definition) is 6. The number of esters is 1. The molecular weight excluding hydrogens is 416 g/mol. The van der Waals surface area contributed by atoms with Gasteiger partial charge in [-0.1, -0.05) is 6.07 Å². The topological polar surface area (TPSA) is 44.8 Å². The van der Waals surface area contributed by atoms with E-state index in [1.807, 2.05) is 24.3 Å². The van der Waals surface area contributed by atoms with E-state index in [1.165, 1.54) is 14.6 Å². The number of ether oxygens (including phenoxy) is 3. The minimum Gasteiger partial charge on any atom is -0.454 e. The Kier molecular flexibility index (Phi) is 4.56. The zero-order valence-corrected chi connectivity index (χ0v) is 18.8. The largest absolute Gasteiger partial charge is 0.454 e. The smallest absolute Gasteiger partial charge is 0.344 e. The molecule has 2 aromatic heterocycles. The van der Waals surface area contributed by atoms with Gasteiger partial charge >= 0.3 is 5.97 Å². The predicted molar refractivity (Wildman–Crippen MR) is 121 cm³/mol. The van der Waals surface area contributed by atoms with Crippen molar-refractivity contribution >= 4 is 45.9 Å². The van der Waals surface area contributed by atoms with Gasteiger partial charge in [0.1, 0.15) is 5.76 Å². The zero-order chi connectivity index (χ0) is 21.0. The number of benzene rings is 1. The molecule has 30 heavy (non-hydrogen) atoms. The highest BCUT2D eigenvalue weighted by molar-refractivity contribution is 7.12. The first-order valence-electron chi connectivity index (χ1n) is 9.63. The molecule has 0 bridgehead atoms. The van der Waals surface area contributed by atoms with Crippen molar-refractivity contribution in [3.63, 3.8) is 0 Å². The second-order valence-corrected chi connectivity index (χ2v) is 10.3. The maximum absolute atomic E-state index is 13.1. The molecule has 2 aliphatic rings. The summed E-state index contributed by atoms with van der Waals surface area (Å²) in [5.74, 6) is 1.69. The van der Waals surface area contributed by atoms with E-state index in [0.717, 1.165) is 32.9 Å². The molecule has 0 amide bonds. The van der Waals surface area contributed by atoms with Crippen LogP contribution in [-0.4, -0.2) is 12.8 Å². The summed E-state index contributed by atoms with van der Waals surface area (Å²) >= 11 is 3.42. The van der Waals surface area contributed by atoms with Gasteiger partial charge in [-0.2, -0.15) is 0 Å². The minimum absolute atomic E-state index is 0.226. The van der Waals surface area contributed by atoms with Gasteiger partial charge < -0.3 is 14.2 Å². The van der Waals surface area contributed by atoms with Crippen LogP contribution in [0, 0.1) is 27.7 Å². The summed E-state index contributed by atoms with van der Waals surface area (Å²) < 4.78 is 16.7. The lowest BCUT2D eigenvalue weighted by Crippen LogP contribution is -1.98. The molecule has 0 N–H and O–H groups in total. The summed E-state index contributed by atoms with van der Waals surface area (Å²) in [7, 11) is 0. The number of thiophene rings is 2. The Labute approximate surface area is 183 Å². The van der Waals surface area contributed by atoms with E-state index in [1.54, 1.807) is 22.7 Å². The molecule has 6 heteroatoms. The summed E-state index contributed by atoms with van der Waals surface area (Å²) in [6.45, 7) is 8.51. The van der Waals surface area contributed by atoms with Gasteiger partial charge in [0.2, 0.25) is 6.79 Å². The Hall–Kier alpha value is -2.83. The van der Waals surface area contributed by atoms with E-state index >= 15 is 0 Å². The lowest BCUT2D eigenvalue weighted by molar-refractivity contribution is -0.131. The van der Waals surface area contributed by atoms with Crippen molar-refractivity contribution in [3.05, 3.63) is 72.3 Å². The van der Waals surface area contributed by atoms with Crippen molar-refractivity contribution in [3.8, 4) is 11.5 Å². The Morgan fingerprint density at radius 2 is 1.47 bits per heavy atom. The number of aryl methyl sites for hydroxylation is 4. The van der Waals surface area contributed by atoms with Crippen LogP contribution in [0.1, 0.15) is 36.2 Å². The van der Waals surface area contributed by atoms with Gasteiger partial charge in [-0.25, -0.2) is 4.79 Å². The van der Waals surface area contributed by atoms with E-state index in [4.69, 9.17) is 14.2 Å². The average Bonchev–Trinajstić information content (AvgIpc) is 3.42. The molecule has 0 atom stereocenters. The van der Waals surface area contributed by atoms with Gasteiger partial charge in [-0.05, 0) is 63.6 Å². The van der Waals surface area contributed by atoms with Crippen LogP contribution in [0.2, 0.25) is 0 Å². The maximum Gasteiger partial charge on any atom is 0.344 e. The van der Waals surface area contributed by atoms with E-state index in [2.05, 4.69) is 39.8 Å². The van der Waals surface area contributed by atoms with Crippen LogP contribution in [0.15, 0.2) is 36.1 Å². The standard InChI is InChI=1S/C24H20O4S2/c1-12-7-17(14(3)29-12)22-21(10-16-5-6-19-20(9-16)27-11-26-19)28-24(25)23(22)18-8-13(2)30-15(18)4/h5-10H,11H2,1-4H3/b21-10-. The molecule has 0 unspecified atom stereocenters. The molecule has 0 fully saturated rings. The maximum atomic E-state index is 13.1. The molecule has 5 rings (SSSR count). The molecule has 1 aromatic carbocycles. The fourth-order valence-electron chi connectivity index (χ4n) is 3.95. The van der Waals surface area contributed by atoms with Crippen LogP contribution in [0.4, 0.5) is 0 Å². The fraction of sp³-hybridized carbons (Fsp3) is 0.208. The highest BCUT2D eigenvalue weighted by Gasteiger charge is 2.34. The fourth-order valence-corrected chi connectivity index (χ4v) is 5.81. The van der Waals surface area contributed by atoms with Crippen LogP contribution in [0.5, 0.6) is 11.5 Å². The van der Waals surface area contributed by atoms with Crippen LogP contribution < -0.4 is 9.47 Å². The van der Waals surface area contributed by atoms with Crippen LogP contribution in [0.3, 0.4) is 0 Å². The SMILES string of the molecule is Cc1cc(C2=C(c3cc(C)sc3C)/C(=C/c3ccc4c(c3)OCO4)OC2=O)c(C)s1. The zero-order valence-electron chi connectivity index (χ0n) is 17.1. The van der Waals surface area contributed by atoms with Crippen molar-refractivity contribution < 1.29 is 19.0 Å². The Morgan fingerprint density at radius 3 is 2.10 bits per heavy atom. The van der Waals surface area contributed by atoms with Gasteiger partial charge in [0, 0.05) is 36.2 Å². The molecule has 3 aromatic rings. The van der Waals surface area contributed by atoms with Gasteiger partial charge in [0.05, 0.1) is 5.57 Å². The van der Waals surface area contributed by atoms with E-state index in [9.17, 15) is 4.79 Å². The van der Waals surface area contributed by atoms with E-state index < -0.39 is 0 Å². The normalized spacial score (nSPS) is 16.7. The van der Waals surface area contributed by atoms with E-state index in [-0.39, 0.29) is 12.8 Å². The number of carbonyl (C=O) groups is 1. The lowest BCUT2D eigenvalue weighted by Gasteiger charge is -2.06. The van der Waals surface area contributed by atoms with Crippen molar-refractivity contribution in [2.45, 2.75) is 27.7 Å². The molecule has 4 heterocycles. The van der Waals surface area contributed by atoms with Crippen LogP contribution in [0.25, 0.3) is 17.2 Å². The molecule has 152 valence electrons. The number of cyclic esters (lactones) is 1. The molecule has 0 saturated heterocycles. The Bertz CT molecular complexity index is 1260. The lowest BCUT2D eigenvalue weighted by atomic mass is 9.94. The second-order valence-electron chi connectivity index (χ2n) is 7.41. The summed E-state index contributed by atoms with van der Waals surface area (Å²) in [5.41, 5.74) is 4.40. The quantitative estimate of drug-likeness (QED) is 0.453. The third kappa shape index (κ3) is 3.16. The Balaban J connectivity index is 1.72. The molecular formula is C24H20O4S2. The Morgan fingerprint density at radius 1 is 0.833 bits per heavy atom. The molecule has 4 nitrogen and oxygen atoms in total. The van der Waals surface area contributed by atoms with Gasteiger partial charge in [0.25, 0.3) is 0 Å². The predicted octanol–water partition coefficient (Wildman–Crippen LogP) is 6.28. The molecule has 0 radical (unpaired) electrons. The van der Waals surface area contributed by atoms with E-state index in [0.29, 0.717) is 17.1 Å². The number of rotatable bonds is 3. The van der Waals surface area contributed by atoms with Crippen molar-refractivity contribution in [2.75, 3.05) is 6.79 Å². The first kappa shape index (κ1) is 19.2. The molecule has 0 saturated carbocycles.